The summed E-state index contributed by atoms with van der Waals surface area (Å²) in [7, 11) is 0. The summed E-state index contributed by atoms with van der Waals surface area (Å²) >= 11 is 1.52. The molecule has 0 radical (unpaired) electrons. The summed E-state index contributed by atoms with van der Waals surface area (Å²) in [6.45, 7) is 2.11. The van der Waals surface area contributed by atoms with Crippen LogP contribution in [-0.4, -0.2) is 30.3 Å². The zero-order valence-corrected chi connectivity index (χ0v) is 11.5. The topological polar surface area (TPSA) is 75.4 Å². The first-order chi connectivity index (χ1) is 9.22. The number of anilines is 1. The molecule has 2 amide bonds. The Balaban J connectivity index is 2.06. The minimum absolute atomic E-state index is 0.405. The molecule has 6 heteroatoms. The Kier molecular flexibility index (Phi) is 3.28. The van der Waals surface area contributed by atoms with Crippen molar-refractivity contribution in [3.05, 3.63) is 16.0 Å². The van der Waals surface area contributed by atoms with Gasteiger partial charge in [0.2, 0.25) is 6.41 Å². The number of fused-ring (bicyclic) bond motifs is 3. The van der Waals surface area contributed by atoms with Gasteiger partial charge in [0.05, 0.1) is 5.56 Å². The fraction of sp³-hybridized carbons (Fsp3) is 0.538. The fourth-order valence-electron chi connectivity index (χ4n) is 3.23. The highest BCUT2D eigenvalue weighted by Crippen LogP contribution is 2.45. The lowest BCUT2D eigenvalue weighted by atomic mass is 9.91. The molecule has 0 aliphatic carbocycles. The maximum Gasteiger partial charge on any atom is 0.251 e. The second-order valence-corrected chi connectivity index (χ2v) is 6.13. The minimum Gasteiger partial charge on any atom is -0.365 e. The molecule has 1 aromatic heterocycles. The molecule has 0 spiro atoms. The van der Waals surface area contributed by atoms with Crippen molar-refractivity contribution in [2.75, 3.05) is 18.4 Å². The van der Waals surface area contributed by atoms with Crippen molar-refractivity contribution >= 4 is 28.7 Å². The SMILES string of the molecule is NC(=O)c1c(NC=O)sc2c1CCN1CCCCC21. The van der Waals surface area contributed by atoms with E-state index in [4.69, 9.17) is 5.73 Å². The fourth-order valence-corrected chi connectivity index (χ4v) is 4.61. The lowest BCUT2D eigenvalue weighted by Gasteiger charge is -2.39. The molecule has 2 aliphatic rings. The average Bonchev–Trinajstić information content (AvgIpc) is 2.77. The summed E-state index contributed by atoms with van der Waals surface area (Å²) in [6, 6.07) is 0.405. The number of nitrogens with two attached hydrogens (primary N) is 1. The molecule has 1 saturated heterocycles. The number of nitrogens with zero attached hydrogens (tertiary/aromatic N) is 1. The number of amides is 2. The van der Waals surface area contributed by atoms with E-state index in [0.29, 0.717) is 23.0 Å². The molecule has 3 N–H and O–H groups in total. The molecule has 0 saturated carbocycles. The number of thiophene rings is 1. The third-order valence-electron chi connectivity index (χ3n) is 4.04. The molecule has 19 heavy (non-hydrogen) atoms. The summed E-state index contributed by atoms with van der Waals surface area (Å²) in [5.74, 6) is -0.439. The van der Waals surface area contributed by atoms with Gasteiger partial charge in [-0.15, -0.1) is 11.3 Å². The van der Waals surface area contributed by atoms with Gasteiger partial charge >= 0.3 is 0 Å². The van der Waals surface area contributed by atoms with Gasteiger partial charge in [0.1, 0.15) is 5.00 Å². The van der Waals surface area contributed by atoms with E-state index < -0.39 is 5.91 Å². The van der Waals surface area contributed by atoms with E-state index in [1.165, 1.54) is 29.1 Å². The van der Waals surface area contributed by atoms with Gasteiger partial charge in [0, 0.05) is 17.5 Å². The third kappa shape index (κ3) is 2.04. The van der Waals surface area contributed by atoms with E-state index in [1.807, 2.05) is 0 Å². The number of nitrogens with one attached hydrogen (secondary N) is 1. The van der Waals surface area contributed by atoms with Crippen LogP contribution in [0.15, 0.2) is 0 Å². The zero-order valence-electron chi connectivity index (χ0n) is 10.6. The van der Waals surface area contributed by atoms with E-state index in [9.17, 15) is 9.59 Å². The van der Waals surface area contributed by atoms with Gasteiger partial charge in [-0.1, -0.05) is 6.42 Å². The van der Waals surface area contributed by atoms with Crippen molar-refractivity contribution in [3.63, 3.8) is 0 Å². The smallest absolute Gasteiger partial charge is 0.251 e. The molecule has 1 unspecified atom stereocenters. The maximum atomic E-state index is 11.6. The summed E-state index contributed by atoms with van der Waals surface area (Å²) in [6.07, 6.45) is 5.07. The molecule has 2 aliphatic heterocycles. The van der Waals surface area contributed by atoms with Crippen LogP contribution in [0.2, 0.25) is 0 Å². The lowest BCUT2D eigenvalue weighted by molar-refractivity contribution is -0.105. The van der Waals surface area contributed by atoms with Crippen molar-refractivity contribution in [1.29, 1.82) is 0 Å². The van der Waals surface area contributed by atoms with Crippen molar-refractivity contribution in [3.8, 4) is 0 Å². The van der Waals surface area contributed by atoms with Gasteiger partial charge in [-0.3, -0.25) is 14.5 Å². The van der Waals surface area contributed by atoms with E-state index in [-0.39, 0.29) is 0 Å². The van der Waals surface area contributed by atoms with Crippen LogP contribution in [0.4, 0.5) is 5.00 Å². The van der Waals surface area contributed by atoms with E-state index >= 15 is 0 Å². The van der Waals surface area contributed by atoms with Crippen molar-refractivity contribution in [2.24, 2.45) is 5.73 Å². The van der Waals surface area contributed by atoms with Gasteiger partial charge < -0.3 is 11.1 Å². The highest BCUT2D eigenvalue weighted by atomic mass is 32.1. The quantitative estimate of drug-likeness (QED) is 0.823. The standard InChI is InChI=1S/C13H17N3O2S/c14-12(18)10-8-4-6-16-5-2-1-3-9(16)11(8)19-13(10)15-7-17/h7,9H,1-6H2,(H2,14,18)(H,15,17). The predicted octanol–water partition coefficient (Wildman–Crippen LogP) is 1.50. The Morgan fingerprint density at radius 2 is 2.26 bits per heavy atom. The average molecular weight is 279 g/mol. The largest absolute Gasteiger partial charge is 0.365 e. The van der Waals surface area contributed by atoms with Crippen LogP contribution >= 0.6 is 11.3 Å². The summed E-state index contributed by atoms with van der Waals surface area (Å²) in [4.78, 5) is 26.0. The number of carbonyl (C=O) groups is 2. The Bertz CT molecular complexity index is 526. The predicted molar refractivity (Wildman–Crippen MR) is 74.4 cm³/mol. The van der Waals surface area contributed by atoms with Gasteiger partial charge in [-0.2, -0.15) is 0 Å². The molecule has 102 valence electrons. The number of primary amides is 1. The van der Waals surface area contributed by atoms with Crippen LogP contribution in [0, 0.1) is 0 Å². The number of piperidine rings is 1. The van der Waals surface area contributed by atoms with Crippen molar-refractivity contribution < 1.29 is 9.59 Å². The van der Waals surface area contributed by atoms with Gasteiger partial charge in [0.25, 0.3) is 5.91 Å². The normalized spacial score (nSPS) is 22.4. The highest BCUT2D eigenvalue weighted by molar-refractivity contribution is 7.17. The van der Waals surface area contributed by atoms with Crippen LogP contribution in [-0.2, 0) is 11.2 Å². The Hall–Kier alpha value is -1.40. The molecular weight excluding hydrogens is 262 g/mol. The Morgan fingerprint density at radius 1 is 1.42 bits per heavy atom. The van der Waals surface area contributed by atoms with Gasteiger partial charge in [-0.05, 0) is 31.4 Å². The first-order valence-electron chi connectivity index (χ1n) is 6.62. The first-order valence-corrected chi connectivity index (χ1v) is 7.43. The number of rotatable bonds is 3. The summed E-state index contributed by atoms with van der Waals surface area (Å²) in [5.41, 5.74) is 7.07. The van der Waals surface area contributed by atoms with Crippen LogP contribution in [0.25, 0.3) is 0 Å². The Morgan fingerprint density at radius 3 is 3.00 bits per heavy atom. The molecule has 3 rings (SSSR count). The van der Waals surface area contributed by atoms with Crippen molar-refractivity contribution in [1.82, 2.24) is 4.90 Å². The second kappa shape index (κ2) is 4.94. The third-order valence-corrected chi connectivity index (χ3v) is 5.30. The summed E-state index contributed by atoms with van der Waals surface area (Å²) < 4.78 is 0. The number of carbonyl (C=O) groups excluding carboxylic acids is 2. The van der Waals surface area contributed by atoms with Gasteiger partial charge in [-0.25, -0.2) is 0 Å². The van der Waals surface area contributed by atoms with E-state index in [1.54, 1.807) is 0 Å². The highest BCUT2D eigenvalue weighted by Gasteiger charge is 2.34. The van der Waals surface area contributed by atoms with E-state index in [2.05, 4.69) is 10.2 Å². The van der Waals surface area contributed by atoms with Crippen molar-refractivity contribution in [2.45, 2.75) is 31.7 Å². The van der Waals surface area contributed by atoms with Crippen LogP contribution in [0.5, 0.6) is 0 Å². The summed E-state index contributed by atoms with van der Waals surface area (Å²) in [5, 5.41) is 3.24. The minimum atomic E-state index is -0.439. The Labute approximate surface area is 115 Å². The zero-order chi connectivity index (χ0) is 13.4. The molecular formula is C13H17N3O2S. The molecule has 0 bridgehead atoms. The molecule has 1 atom stereocenters. The van der Waals surface area contributed by atoms with Crippen LogP contribution < -0.4 is 11.1 Å². The molecule has 5 nitrogen and oxygen atoms in total. The van der Waals surface area contributed by atoms with Crippen LogP contribution in [0.3, 0.4) is 0 Å². The maximum absolute atomic E-state index is 11.6. The lowest BCUT2D eigenvalue weighted by Crippen LogP contribution is -2.38. The number of hydrogen-bond acceptors (Lipinski definition) is 4. The van der Waals surface area contributed by atoms with Gasteiger partial charge in [0.15, 0.2) is 0 Å². The number of hydrogen-bond donors (Lipinski definition) is 2. The molecule has 0 aromatic carbocycles. The molecule has 3 heterocycles. The first kappa shape index (κ1) is 12.6. The molecule has 1 aromatic rings. The van der Waals surface area contributed by atoms with Crippen LogP contribution in [0.1, 0.15) is 46.1 Å². The molecule has 1 fully saturated rings. The monoisotopic (exact) mass is 279 g/mol. The van der Waals surface area contributed by atoms with E-state index in [0.717, 1.165) is 31.5 Å². The second-order valence-electron chi connectivity index (χ2n) is 5.07.